The van der Waals surface area contributed by atoms with Crippen LogP contribution >= 0.6 is 0 Å². The minimum absolute atomic E-state index is 0.0154. The number of rotatable bonds is 3. The third-order valence-corrected chi connectivity index (χ3v) is 7.93. The summed E-state index contributed by atoms with van der Waals surface area (Å²) in [5.74, 6) is -0.703. The SMILES string of the molecule is COC(=O)c1coc(-c2nc3oc2[C@@]24c5cc(F)ccc5N[C@@H]2Oc2ccc(cc24)CC(N)C(=O)N[C@H]3C(C)C)n1. The van der Waals surface area contributed by atoms with Gasteiger partial charge in [-0.2, -0.15) is 0 Å². The van der Waals surface area contributed by atoms with Crippen LogP contribution in [0.25, 0.3) is 11.6 Å². The van der Waals surface area contributed by atoms with E-state index < -0.39 is 35.5 Å². The molecule has 0 saturated carbocycles. The number of oxazole rings is 2. The molecule has 7 rings (SSSR count). The van der Waals surface area contributed by atoms with Gasteiger partial charge in [0.15, 0.2) is 23.4 Å². The average Bonchev–Trinajstić information content (AvgIpc) is 3.71. The first kappa shape index (κ1) is 25.3. The van der Waals surface area contributed by atoms with Gasteiger partial charge in [0.25, 0.3) is 0 Å². The van der Waals surface area contributed by atoms with Gasteiger partial charge in [-0.15, -0.1) is 0 Å². The number of anilines is 1. The van der Waals surface area contributed by atoms with Crippen molar-refractivity contribution in [1.82, 2.24) is 15.3 Å². The lowest BCUT2D eigenvalue weighted by atomic mass is 9.72. The van der Waals surface area contributed by atoms with Gasteiger partial charge in [-0.3, -0.25) is 4.79 Å². The molecule has 4 N–H and O–H groups in total. The number of carbonyl (C=O) groups is 2. The third-order valence-electron chi connectivity index (χ3n) is 7.93. The van der Waals surface area contributed by atoms with Crippen LogP contribution in [0, 0.1) is 11.7 Å². The fourth-order valence-corrected chi connectivity index (χ4v) is 5.95. The summed E-state index contributed by atoms with van der Waals surface area (Å²) >= 11 is 0. The Kier molecular flexibility index (Phi) is 5.48. The molecular weight excluding hydrogens is 533 g/mol. The predicted molar refractivity (Wildman–Crippen MR) is 142 cm³/mol. The van der Waals surface area contributed by atoms with E-state index in [0.717, 1.165) is 5.56 Å². The molecule has 2 aromatic carbocycles. The Hall–Kier alpha value is -4.71. The number of nitrogens with zero attached hydrogens (tertiary/aromatic N) is 2. The van der Waals surface area contributed by atoms with Crippen molar-refractivity contribution in [2.75, 3.05) is 12.4 Å². The Morgan fingerprint density at radius 2 is 2.00 bits per heavy atom. The summed E-state index contributed by atoms with van der Waals surface area (Å²) in [6.07, 6.45) is 0.680. The van der Waals surface area contributed by atoms with Gasteiger partial charge >= 0.3 is 5.97 Å². The molecule has 5 heterocycles. The maximum atomic E-state index is 14.9. The van der Waals surface area contributed by atoms with Gasteiger partial charge in [-0.1, -0.05) is 26.0 Å². The second-order valence-corrected chi connectivity index (χ2v) is 10.8. The quantitative estimate of drug-likeness (QED) is 0.318. The number of nitrogens with one attached hydrogen (secondary N) is 2. The minimum Gasteiger partial charge on any atom is -0.469 e. The lowest BCUT2D eigenvalue weighted by Gasteiger charge is -2.28. The summed E-state index contributed by atoms with van der Waals surface area (Å²) < 4.78 is 38.5. The number of nitrogens with two attached hydrogens (primary N) is 1. The van der Waals surface area contributed by atoms with E-state index in [4.69, 9.17) is 29.0 Å². The van der Waals surface area contributed by atoms with Crippen molar-refractivity contribution in [3.05, 3.63) is 82.5 Å². The largest absolute Gasteiger partial charge is 0.469 e. The van der Waals surface area contributed by atoms with Crippen molar-refractivity contribution in [3.63, 3.8) is 0 Å². The summed E-state index contributed by atoms with van der Waals surface area (Å²) in [6, 6.07) is 8.47. The monoisotopic (exact) mass is 559 g/mol. The summed E-state index contributed by atoms with van der Waals surface area (Å²) in [7, 11) is 1.24. The Morgan fingerprint density at radius 3 is 2.78 bits per heavy atom. The first-order valence-corrected chi connectivity index (χ1v) is 13.2. The van der Waals surface area contributed by atoms with Gasteiger partial charge in [0.2, 0.25) is 17.7 Å². The van der Waals surface area contributed by atoms with Crippen LogP contribution in [0.1, 0.15) is 58.7 Å². The first-order valence-electron chi connectivity index (χ1n) is 13.2. The second kappa shape index (κ2) is 8.90. The molecule has 1 spiro atoms. The number of esters is 1. The van der Waals surface area contributed by atoms with Gasteiger partial charge in [-0.25, -0.2) is 19.2 Å². The maximum Gasteiger partial charge on any atom is 0.360 e. The Morgan fingerprint density at radius 1 is 1.17 bits per heavy atom. The molecule has 1 amide bonds. The number of aromatic nitrogens is 2. The highest BCUT2D eigenvalue weighted by atomic mass is 19.1. The molecule has 3 aliphatic rings. The summed E-state index contributed by atoms with van der Waals surface area (Å²) in [5, 5.41) is 6.34. The van der Waals surface area contributed by atoms with E-state index in [9.17, 15) is 14.0 Å². The number of hydrogen-bond acceptors (Lipinski definition) is 10. The number of methoxy groups -OCH3 is 1. The van der Waals surface area contributed by atoms with E-state index in [1.54, 1.807) is 12.1 Å². The van der Waals surface area contributed by atoms with Gasteiger partial charge < -0.3 is 34.7 Å². The van der Waals surface area contributed by atoms with Crippen LogP contribution in [0.3, 0.4) is 0 Å². The maximum absolute atomic E-state index is 14.9. The zero-order valence-corrected chi connectivity index (χ0v) is 22.4. The number of amides is 1. The Bertz CT molecular complexity index is 1730. The molecule has 12 heteroatoms. The van der Waals surface area contributed by atoms with Gasteiger partial charge in [0, 0.05) is 16.8 Å². The van der Waals surface area contributed by atoms with Crippen LogP contribution in [0.2, 0.25) is 0 Å². The second-order valence-electron chi connectivity index (χ2n) is 10.8. The highest BCUT2D eigenvalue weighted by Gasteiger charge is 2.61. The van der Waals surface area contributed by atoms with Crippen molar-refractivity contribution < 1.29 is 32.3 Å². The molecular formula is C29H26FN5O6. The standard InChI is InChI=1S/C29H26FN5O6/c1-12(2)21-26-35-22(25-32-19(11-39-25)27(37)38-3)23(41-26)29-15-10-14(30)5-6-18(15)33-28(29)40-20-7-4-13(8-16(20)29)9-17(31)24(36)34-21/h4-8,10-12,17,21,28,33H,9,31H2,1-3H3,(H,34,36)/t17?,21-,28+,29-/m0/s1. The normalized spacial score (nSPS) is 24.0. The van der Waals surface area contributed by atoms with Crippen molar-refractivity contribution in [3.8, 4) is 17.3 Å². The van der Waals surface area contributed by atoms with E-state index in [-0.39, 0.29) is 47.2 Å². The van der Waals surface area contributed by atoms with Gasteiger partial charge in [0.05, 0.1) is 13.2 Å². The zero-order valence-electron chi connectivity index (χ0n) is 22.4. The van der Waals surface area contributed by atoms with Crippen molar-refractivity contribution in [1.29, 1.82) is 0 Å². The van der Waals surface area contributed by atoms with E-state index in [2.05, 4.69) is 15.6 Å². The molecule has 0 fully saturated rings. The Labute approximate surface area is 233 Å². The van der Waals surface area contributed by atoms with E-state index >= 15 is 0 Å². The van der Waals surface area contributed by atoms with Crippen LogP contribution in [0.4, 0.5) is 10.1 Å². The number of ether oxygens (including phenoxy) is 2. The van der Waals surface area contributed by atoms with Crippen LogP contribution in [-0.4, -0.2) is 41.2 Å². The first-order chi connectivity index (χ1) is 19.7. The van der Waals surface area contributed by atoms with Crippen molar-refractivity contribution >= 4 is 17.6 Å². The number of fused-ring (bicyclic) bond motifs is 4. The predicted octanol–water partition coefficient (Wildman–Crippen LogP) is 3.43. The molecule has 3 aliphatic heterocycles. The lowest BCUT2D eigenvalue weighted by Crippen LogP contribution is -2.45. The average molecular weight is 560 g/mol. The van der Waals surface area contributed by atoms with Crippen LogP contribution in [-0.2, 0) is 21.4 Å². The highest BCUT2D eigenvalue weighted by molar-refractivity contribution is 5.87. The topological polar surface area (TPSA) is 155 Å². The van der Waals surface area contributed by atoms with Crippen molar-refractivity contribution in [2.45, 2.75) is 44.0 Å². The van der Waals surface area contributed by atoms with E-state index in [1.807, 2.05) is 26.0 Å². The molecule has 4 atom stereocenters. The fraction of sp³-hybridized carbons (Fsp3) is 0.310. The number of halogens is 1. The summed E-state index contributed by atoms with van der Waals surface area (Å²) in [5.41, 5.74) is 7.89. The minimum atomic E-state index is -1.24. The summed E-state index contributed by atoms with van der Waals surface area (Å²) in [6.45, 7) is 3.82. The number of hydrogen-bond donors (Lipinski definition) is 3. The molecule has 210 valence electrons. The van der Waals surface area contributed by atoms with Crippen LogP contribution in [0.5, 0.6) is 5.75 Å². The molecule has 1 unspecified atom stereocenters. The fourth-order valence-electron chi connectivity index (χ4n) is 5.95. The van der Waals surface area contributed by atoms with Gasteiger partial charge in [0.1, 0.15) is 29.3 Å². The van der Waals surface area contributed by atoms with Crippen LogP contribution < -0.4 is 21.1 Å². The molecule has 0 aliphatic carbocycles. The van der Waals surface area contributed by atoms with Gasteiger partial charge in [-0.05, 0) is 42.2 Å². The Balaban J connectivity index is 1.57. The molecule has 4 bridgehead atoms. The molecule has 41 heavy (non-hydrogen) atoms. The molecule has 11 nitrogen and oxygen atoms in total. The van der Waals surface area contributed by atoms with Crippen LogP contribution in [0.15, 0.2) is 51.5 Å². The molecule has 0 saturated heterocycles. The van der Waals surface area contributed by atoms with E-state index in [1.165, 1.54) is 25.5 Å². The third kappa shape index (κ3) is 3.60. The molecule has 4 aromatic rings. The summed E-state index contributed by atoms with van der Waals surface area (Å²) in [4.78, 5) is 34.5. The highest BCUT2D eigenvalue weighted by Crippen LogP contribution is 2.59. The lowest BCUT2D eigenvalue weighted by molar-refractivity contribution is -0.123. The number of benzene rings is 2. The van der Waals surface area contributed by atoms with E-state index in [0.29, 0.717) is 22.6 Å². The molecule has 0 radical (unpaired) electrons. The van der Waals surface area contributed by atoms with Crippen molar-refractivity contribution in [2.24, 2.45) is 11.7 Å². The number of carbonyl (C=O) groups excluding carboxylic acids is 2. The molecule has 2 aromatic heterocycles. The zero-order chi connectivity index (χ0) is 28.6. The smallest absolute Gasteiger partial charge is 0.360 e.